The molecule has 0 heterocycles. The predicted octanol–water partition coefficient (Wildman–Crippen LogP) is 2.40. The van der Waals surface area contributed by atoms with Crippen LogP contribution in [-0.4, -0.2) is 12.2 Å². The molecule has 2 rings (SSSR count). The molecule has 0 aliphatic rings. The molecule has 0 aliphatic carbocycles. The monoisotopic (exact) mass is 243 g/mol. The zero-order valence-corrected chi connectivity index (χ0v) is 9.39. The lowest BCUT2D eigenvalue weighted by atomic mass is 10.0. The third-order valence-corrected chi connectivity index (χ3v) is 2.61. The molecule has 4 heteroatoms. The van der Waals surface area contributed by atoms with Crippen LogP contribution in [0.3, 0.4) is 0 Å². The number of rotatable bonds is 3. The molecular formula is C14H10FNO2. The topological polar surface area (TPSA) is 60.2 Å². The normalized spacial score (nSPS) is 10.1. The Morgan fingerprint density at radius 3 is 2.44 bits per heavy atom. The quantitative estimate of drug-likeness (QED) is 0.841. The second-order valence-corrected chi connectivity index (χ2v) is 3.80. The summed E-state index contributed by atoms with van der Waals surface area (Å²) in [4.78, 5) is 21.6. The first-order valence-corrected chi connectivity index (χ1v) is 5.27. The summed E-state index contributed by atoms with van der Waals surface area (Å²) >= 11 is 0. The van der Waals surface area contributed by atoms with Gasteiger partial charge < -0.3 is 5.73 Å². The maximum atomic E-state index is 13.5. The van der Waals surface area contributed by atoms with Crippen LogP contribution in [0.25, 0.3) is 11.1 Å². The largest absolute Gasteiger partial charge is 0.366 e. The lowest BCUT2D eigenvalue weighted by molar-refractivity contribution is 0.1000. The summed E-state index contributed by atoms with van der Waals surface area (Å²) in [5.74, 6) is -1.13. The summed E-state index contributed by atoms with van der Waals surface area (Å²) in [6.07, 6.45) is 0.457. The van der Waals surface area contributed by atoms with Gasteiger partial charge in [0.05, 0.1) is 5.56 Å². The van der Waals surface area contributed by atoms with Crippen LogP contribution in [0.4, 0.5) is 4.39 Å². The van der Waals surface area contributed by atoms with Crippen molar-refractivity contribution in [1.82, 2.24) is 0 Å². The Kier molecular flexibility index (Phi) is 3.19. The molecule has 0 atom stereocenters. The van der Waals surface area contributed by atoms with Gasteiger partial charge in [-0.05, 0) is 35.4 Å². The number of hydrogen-bond acceptors (Lipinski definition) is 2. The Labute approximate surface area is 103 Å². The van der Waals surface area contributed by atoms with Crippen LogP contribution in [0.15, 0.2) is 42.5 Å². The predicted molar refractivity (Wildman–Crippen MR) is 65.7 cm³/mol. The van der Waals surface area contributed by atoms with E-state index >= 15 is 0 Å². The van der Waals surface area contributed by atoms with Gasteiger partial charge in [-0.1, -0.05) is 18.2 Å². The van der Waals surface area contributed by atoms with E-state index in [1.807, 2.05) is 0 Å². The van der Waals surface area contributed by atoms with E-state index in [-0.39, 0.29) is 5.56 Å². The molecule has 2 N–H and O–H groups in total. The third kappa shape index (κ3) is 2.27. The highest BCUT2D eigenvalue weighted by atomic mass is 19.1. The number of nitrogens with two attached hydrogens (primary N) is 1. The van der Waals surface area contributed by atoms with Gasteiger partial charge in [-0.3, -0.25) is 9.59 Å². The van der Waals surface area contributed by atoms with E-state index in [4.69, 9.17) is 5.73 Å². The average Bonchev–Trinajstić information content (AvgIpc) is 2.38. The van der Waals surface area contributed by atoms with Crippen LogP contribution in [0.2, 0.25) is 0 Å². The number of aldehydes is 1. The maximum absolute atomic E-state index is 13.5. The van der Waals surface area contributed by atoms with Gasteiger partial charge in [0.2, 0.25) is 5.91 Å². The summed E-state index contributed by atoms with van der Waals surface area (Å²) in [6, 6.07) is 10.8. The fraction of sp³-hybridized carbons (Fsp3) is 0. The van der Waals surface area contributed by atoms with Crippen LogP contribution in [0.5, 0.6) is 0 Å². The van der Waals surface area contributed by atoms with Crippen molar-refractivity contribution in [2.24, 2.45) is 5.73 Å². The second-order valence-electron chi connectivity index (χ2n) is 3.80. The molecule has 90 valence electrons. The first-order chi connectivity index (χ1) is 8.61. The van der Waals surface area contributed by atoms with Crippen LogP contribution in [-0.2, 0) is 0 Å². The fourth-order valence-corrected chi connectivity index (χ4v) is 1.65. The summed E-state index contributed by atoms with van der Waals surface area (Å²) in [6.45, 7) is 0. The Bertz CT molecular complexity index is 623. The Morgan fingerprint density at radius 1 is 1.11 bits per heavy atom. The molecular weight excluding hydrogens is 233 g/mol. The molecule has 0 aliphatic heterocycles. The minimum absolute atomic E-state index is 0.00445. The molecule has 0 bridgehead atoms. The van der Waals surface area contributed by atoms with Gasteiger partial charge in [0.15, 0.2) is 6.29 Å². The zero-order valence-electron chi connectivity index (χ0n) is 9.39. The highest BCUT2D eigenvalue weighted by Gasteiger charge is 2.06. The highest BCUT2D eigenvalue weighted by molar-refractivity contribution is 5.94. The van der Waals surface area contributed by atoms with Gasteiger partial charge in [-0.25, -0.2) is 4.39 Å². The van der Waals surface area contributed by atoms with Crippen molar-refractivity contribution in [3.05, 3.63) is 59.4 Å². The standard InChI is InChI=1S/C14H10FNO2/c15-13-7-10(4-5-12(13)8-17)9-2-1-3-11(6-9)14(16)18/h1-8H,(H2,16,18). The van der Waals surface area contributed by atoms with Gasteiger partial charge in [0, 0.05) is 5.56 Å². The minimum Gasteiger partial charge on any atom is -0.366 e. The van der Waals surface area contributed by atoms with Crippen molar-refractivity contribution < 1.29 is 14.0 Å². The van der Waals surface area contributed by atoms with Crippen molar-refractivity contribution in [2.45, 2.75) is 0 Å². The summed E-state index contributed by atoms with van der Waals surface area (Å²) in [5.41, 5.74) is 6.79. The summed E-state index contributed by atoms with van der Waals surface area (Å²) in [7, 11) is 0. The number of benzene rings is 2. The number of carbonyl (C=O) groups is 2. The van der Waals surface area contributed by atoms with E-state index < -0.39 is 11.7 Å². The Morgan fingerprint density at radius 2 is 1.83 bits per heavy atom. The molecule has 1 amide bonds. The summed E-state index contributed by atoms with van der Waals surface area (Å²) in [5, 5.41) is 0. The number of hydrogen-bond donors (Lipinski definition) is 1. The first kappa shape index (κ1) is 12.0. The lowest BCUT2D eigenvalue weighted by Crippen LogP contribution is -2.10. The third-order valence-electron chi connectivity index (χ3n) is 2.61. The molecule has 3 nitrogen and oxygen atoms in total. The number of primary amides is 1. The van der Waals surface area contributed by atoms with E-state index in [2.05, 4.69) is 0 Å². The molecule has 2 aromatic rings. The number of halogens is 1. The van der Waals surface area contributed by atoms with Crippen LogP contribution in [0, 0.1) is 5.82 Å². The lowest BCUT2D eigenvalue weighted by Gasteiger charge is -2.04. The van der Waals surface area contributed by atoms with E-state index in [1.54, 1.807) is 30.3 Å². The smallest absolute Gasteiger partial charge is 0.248 e. The molecule has 0 fully saturated rings. The molecule has 0 saturated heterocycles. The van der Waals surface area contributed by atoms with E-state index in [0.717, 1.165) is 0 Å². The van der Waals surface area contributed by atoms with Crippen LogP contribution >= 0.6 is 0 Å². The van der Waals surface area contributed by atoms with Crippen molar-refractivity contribution in [3.8, 4) is 11.1 Å². The molecule has 0 saturated carbocycles. The van der Waals surface area contributed by atoms with E-state index in [1.165, 1.54) is 12.1 Å². The molecule has 0 radical (unpaired) electrons. The van der Waals surface area contributed by atoms with Gasteiger partial charge in [0.1, 0.15) is 5.82 Å². The van der Waals surface area contributed by atoms with Gasteiger partial charge in [-0.15, -0.1) is 0 Å². The SMILES string of the molecule is NC(=O)c1cccc(-c2ccc(C=O)c(F)c2)c1. The first-order valence-electron chi connectivity index (χ1n) is 5.27. The van der Waals surface area contributed by atoms with Gasteiger partial charge in [-0.2, -0.15) is 0 Å². The summed E-state index contributed by atoms with van der Waals surface area (Å²) < 4.78 is 13.5. The van der Waals surface area contributed by atoms with Crippen molar-refractivity contribution in [2.75, 3.05) is 0 Å². The van der Waals surface area contributed by atoms with E-state index in [0.29, 0.717) is 23.0 Å². The van der Waals surface area contributed by atoms with Crippen LogP contribution < -0.4 is 5.73 Å². The van der Waals surface area contributed by atoms with Crippen molar-refractivity contribution in [3.63, 3.8) is 0 Å². The number of carbonyl (C=O) groups excluding carboxylic acids is 2. The minimum atomic E-state index is -0.591. The van der Waals surface area contributed by atoms with Gasteiger partial charge >= 0.3 is 0 Å². The second kappa shape index (κ2) is 4.79. The van der Waals surface area contributed by atoms with Crippen molar-refractivity contribution >= 4 is 12.2 Å². The van der Waals surface area contributed by atoms with Crippen LogP contribution in [0.1, 0.15) is 20.7 Å². The maximum Gasteiger partial charge on any atom is 0.248 e. The zero-order chi connectivity index (χ0) is 13.1. The molecule has 2 aromatic carbocycles. The fourth-order valence-electron chi connectivity index (χ4n) is 1.65. The molecule has 0 spiro atoms. The Balaban J connectivity index is 2.48. The molecule has 0 aromatic heterocycles. The molecule has 0 unspecified atom stereocenters. The van der Waals surface area contributed by atoms with E-state index in [9.17, 15) is 14.0 Å². The molecule has 18 heavy (non-hydrogen) atoms. The Hall–Kier alpha value is -2.49. The number of amides is 1. The highest BCUT2D eigenvalue weighted by Crippen LogP contribution is 2.22. The average molecular weight is 243 g/mol. The van der Waals surface area contributed by atoms with Gasteiger partial charge in [0.25, 0.3) is 0 Å². The van der Waals surface area contributed by atoms with Crippen molar-refractivity contribution in [1.29, 1.82) is 0 Å².